The van der Waals surface area contributed by atoms with E-state index >= 15 is 0 Å². The van der Waals surface area contributed by atoms with Crippen LogP contribution in [0.4, 0.5) is 29.0 Å². The third-order valence-electron chi connectivity index (χ3n) is 7.12. The van der Waals surface area contributed by atoms with E-state index in [4.69, 9.17) is 19.4 Å². The minimum atomic E-state index is 0.0766. The molecule has 0 spiro atoms. The van der Waals surface area contributed by atoms with Gasteiger partial charge in [-0.15, -0.1) is 0 Å². The zero-order chi connectivity index (χ0) is 25.9. The van der Waals surface area contributed by atoms with Gasteiger partial charge in [-0.1, -0.05) is 32.9 Å². The molecule has 0 saturated carbocycles. The molecule has 2 aliphatic heterocycles. The number of aromatic nitrogens is 2. The van der Waals surface area contributed by atoms with Crippen molar-refractivity contribution in [3.8, 4) is 0 Å². The molecule has 8 nitrogen and oxygen atoms in total. The second kappa shape index (κ2) is 11.2. The van der Waals surface area contributed by atoms with Gasteiger partial charge >= 0.3 is 0 Å². The van der Waals surface area contributed by atoms with E-state index < -0.39 is 0 Å². The van der Waals surface area contributed by atoms with E-state index in [2.05, 4.69) is 80.0 Å². The first-order valence-electron chi connectivity index (χ1n) is 13.3. The maximum Gasteiger partial charge on any atom is 0.229 e. The van der Waals surface area contributed by atoms with E-state index in [1.54, 1.807) is 0 Å². The van der Waals surface area contributed by atoms with Gasteiger partial charge in [0.05, 0.1) is 26.0 Å². The van der Waals surface area contributed by atoms with Crippen molar-refractivity contribution < 1.29 is 9.47 Å². The van der Waals surface area contributed by atoms with Gasteiger partial charge in [0.2, 0.25) is 5.95 Å². The Morgan fingerprint density at radius 2 is 1.86 bits per heavy atom. The summed E-state index contributed by atoms with van der Waals surface area (Å²) in [6, 6.07) is 6.68. The van der Waals surface area contributed by atoms with Gasteiger partial charge in [0.25, 0.3) is 0 Å². The van der Waals surface area contributed by atoms with Gasteiger partial charge < -0.3 is 29.5 Å². The highest BCUT2D eigenvalue weighted by Gasteiger charge is 2.30. The third-order valence-corrected chi connectivity index (χ3v) is 7.12. The van der Waals surface area contributed by atoms with Crippen molar-refractivity contribution in [2.45, 2.75) is 65.4 Å². The first-order chi connectivity index (χ1) is 17.2. The molecule has 2 aromatic rings. The summed E-state index contributed by atoms with van der Waals surface area (Å²) >= 11 is 0. The van der Waals surface area contributed by atoms with Crippen molar-refractivity contribution in [1.82, 2.24) is 9.97 Å². The van der Waals surface area contributed by atoms with Crippen LogP contribution in [0.2, 0.25) is 0 Å². The van der Waals surface area contributed by atoms with Crippen LogP contribution in [0.1, 0.15) is 58.1 Å². The first kappa shape index (κ1) is 26.5. The van der Waals surface area contributed by atoms with Crippen LogP contribution in [0.25, 0.3) is 0 Å². The Labute approximate surface area is 217 Å². The zero-order valence-corrected chi connectivity index (χ0v) is 23.2. The van der Waals surface area contributed by atoms with Crippen molar-refractivity contribution in [1.29, 1.82) is 0 Å². The molecule has 36 heavy (non-hydrogen) atoms. The van der Waals surface area contributed by atoms with Gasteiger partial charge in [-0.2, -0.15) is 9.97 Å². The summed E-state index contributed by atoms with van der Waals surface area (Å²) in [6.45, 7) is 15.6. The standard InChI is InChI=1S/C28H44N6O2/c1-8-35-16-17-36-22-10-9-14-34(15-13-22)27-30-25(24-26(31-27)33(7)19-32(24)6)29-23-18-21(28(3,4)5)12-11-20(23)2/h11-12,18,22H,8-10,13-17,19H2,1-7H3,(H,29,30,31). The van der Waals surface area contributed by atoms with Crippen molar-refractivity contribution in [3.63, 3.8) is 0 Å². The summed E-state index contributed by atoms with van der Waals surface area (Å²) in [4.78, 5) is 16.9. The molecule has 1 atom stereocenters. The van der Waals surface area contributed by atoms with E-state index in [-0.39, 0.29) is 11.5 Å². The zero-order valence-electron chi connectivity index (χ0n) is 23.2. The number of aryl methyl sites for hydroxylation is 1. The summed E-state index contributed by atoms with van der Waals surface area (Å²) < 4.78 is 11.5. The fourth-order valence-electron chi connectivity index (χ4n) is 4.93. The number of hydrogen-bond donors (Lipinski definition) is 1. The van der Waals surface area contributed by atoms with Crippen molar-refractivity contribution in [3.05, 3.63) is 29.3 Å². The Morgan fingerprint density at radius 1 is 1.06 bits per heavy atom. The summed E-state index contributed by atoms with van der Waals surface area (Å²) in [5, 5.41) is 3.70. The van der Waals surface area contributed by atoms with Gasteiger partial charge in [-0.25, -0.2) is 0 Å². The topological polar surface area (TPSA) is 66.0 Å². The predicted molar refractivity (Wildman–Crippen MR) is 149 cm³/mol. The Morgan fingerprint density at radius 3 is 2.61 bits per heavy atom. The molecule has 8 heteroatoms. The van der Waals surface area contributed by atoms with Crippen LogP contribution in [-0.2, 0) is 14.9 Å². The minimum Gasteiger partial charge on any atom is -0.379 e. The van der Waals surface area contributed by atoms with Gasteiger partial charge in [0, 0.05) is 39.5 Å². The average molecular weight is 497 g/mol. The van der Waals surface area contributed by atoms with E-state index in [0.717, 1.165) is 74.6 Å². The van der Waals surface area contributed by atoms with Crippen LogP contribution in [0, 0.1) is 6.92 Å². The number of anilines is 5. The smallest absolute Gasteiger partial charge is 0.229 e. The van der Waals surface area contributed by atoms with Gasteiger partial charge in [0.15, 0.2) is 11.6 Å². The predicted octanol–water partition coefficient (Wildman–Crippen LogP) is 5.08. The maximum atomic E-state index is 6.09. The molecule has 1 aromatic carbocycles. The molecule has 0 amide bonds. The van der Waals surface area contributed by atoms with Crippen molar-refractivity contribution >= 4 is 29.0 Å². The van der Waals surface area contributed by atoms with Gasteiger partial charge in [-0.05, 0) is 55.7 Å². The molecule has 1 saturated heterocycles. The summed E-state index contributed by atoms with van der Waals surface area (Å²) in [7, 11) is 4.20. The number of nitrogens with one attached hydrogen (secondary N) is 1. The van der Waals surface area contributed by atoms with E-state index in [0.29, 0.717) is 13.2 Å². The molecule has 1 N–H and O–H groups in total. The van der Waals surface area contributed by atoms with Crippen molar-refractivity contribution in [2.75, 3.05) is 73.7 Å². The molecule has 0 bridgehead atoms. The molecule has 198 valence electrons. The van der Waals surface area contributed by atoms with E-state index in [1.165, 1.54) is 11.1 Å². The fourth-order valence-corrected chi connectivity index (χ4v) is 4.93. The molecular weight excluding hydrogens is 452 g/mol. The third kappa shape index (κ3) is 6.03. The number of hydrogen-bond acceptors (Lipinski definition) is 8. The van der Waals surface area contributed by atoms with Gasteiger partial charge in [0.1, 0.15) is 5.69 Å². The molecule has 4 rings (SSSR count). The summed E-state index contributed by atoms with van der Waals surface area (Å²) in [5.41, 5.74) is 4.72. The Bertz CT molecular complexity index is 1040. The molecule has 1 unspecified atom stereocenters. The Kier molecular flexibility index (Phi) is 8.25. The lowest BCUT2D eigenvalue weighted by Gasteiger charge is -2.24. The lowest BCUT2D eigenvalue weighted by molar-refractivity contribution is 0.00298. The lowest BCUT2D eigenvalue weighted by atomic mass is 9.86. The van der Waals surface area contributed by atoms with Crippen LogP contribution in [0.3, 0.4) is 0 Å². The van der Waals surface area contributed by atoms with Crippen LogP contribution in [-0.4, -0.2) is 69.7 Å². The molecule has 0 radical (unpaired) electrons. The first-order valence-corrected chi connectivity index (χ1v) is 13.3. The van der Waals surface area contributed by atoms with Crippen LogP contribution in [0.15, 0.2) is 18.2 Å². The fraction of sp³-hybridized carbons (Fsp3) is 0.643. The van der Waals surface area contributed by atoms with Crippen LogP contribution in [0.5, 0.6) is 0 Å². The highest BCUT2D eigenvalue weighted by atomic mass is 16.5. The Balaban J connectivity index is 1.59. The second-order valence-electron chi connectivity index (χ2n) is 11.1. The number of rotatable bonds is 8. The molecule has 0 aliphatic carbocycles. The van der Waals surface area contributed by atoms with E-state index in [9.17, 15) is 0 Å². The van der Waals surface area contributed by atoms with Crippen LogP contribution < -0.4 is 20.0 Å². The Hall–Kier alpha value is -2.58. The van der Waals surface area contributed by atoms with Gasteiger partial charge in [-0.3, -0.25) is 0 Å². The maximum absolute atomic E-state index is 6.09. The second-order valence-corrected chi connectivity index (χ2v) is 11.1. The quantitative estimate of drug-likeness (QED) is 0.508. The highest BCUT2D eigenvalue weighted by Crippen LogP contribution is 2.41. The van der Waals surface area contributed by atoms with Crippen LogP contribution >= 0.6 is 0 Å². The van der Waals surface area contributed by atoms with Crippen molar-refractivity contribution in [2.24, 2.45) is 0 Å². The summed E-state index contributed by atoms with van der Waals surface area (Å²) in [6.07, 6.45) is 3.35. The normalized spacial score (nSPS) is 18.4. The number of ether oxygens (including phenoxy) is 2. The molecular formula is C28H44N6O2. The number of nitrogens with zero attached hydrogens (tertiary/aromatic N) is 5. The van der Waals surface area contributed by atoms with E-state index in [1.807, 2.05) is 6.92 Å². The number of fused-ring (bicyclic) bond motifs is 1. The lowest BCUT2D eigenvalue weighted by Crippen LogP contribution is -2.28. The SMILES string of the molecule is CCOCCOC1CCCN(c2nc(Nc3cc(C(C)(C)C)ccc3C)c3c(n2)N(C)CN3C)CC1. The monoisotopic (exact) mass is 496 g/mol. The highest BCUT2D eigenvalue weighted by molar-refractivity contribution is 5.86. The minimum absolute atomic E-state index is 0.0766. The largest absolute Gasteiger partial charge is 0.379 e. The molecule has 3 heterocycles. The molecule has 2 aliphatic rings. The average Bonchev–Trinajstić information content (AvgIpc) is 2.98. The molecule has 1 aromatic heterocycles. The number of benzene rings is 1. The summed E-state index contributed by atoms with van der Waals surface area (Å²) in [5.74, 6) is 2.63. The molecule has 1 fully saturated rings.